The summed E-state index contributed by atoms with van der Waals surface area (Å²) in [5.41, 5.74) is 1.76. The van der Waals surface area contributed by atoms with E-state index in [2.05, 4.69) is 5.32 Å². The average molecular weight is 384 g/mol. The van der Waals surface area contributed by atoms with E-state index in [1.807, 2.05) is 25.1 Å². The topological polar surface area (TPSA) is 116 Å². The smallest absolute Gasteiger partial charge is 0.306 e. The summed E-state index contributed by atoms with van der Waals surface area (Å²) in [6.07, 6.45) is 0.541. The second-order valence-electron chi connectivity index (χ2n) is 5.95. The Balaban J connectivity index is 1.76. The Hall–Kier alpha value is -3.55. The summed E-state index contributed by atoms with van der Waals surface area (Å²) in [7, 11) is 0. The van der Waals surface area contributed by atoms with Gasteiger partial charge in [0, 0.05) is 29.8 Å². The number of esters is 1. The summed E-state index contributed by atoms with van der Waals surface area (Å²) in [5, 5.41) is 13.3. The maximum atomic E-state index is 12.0. The van der Waals surface area contributed by atoms with Gasteiger partial charge in [-0.25, -0.2) is 0 Å². The van der Waals surface area contributed by atoms with Crippen LogP contribution in [0.15, 0.2) is 48.5 Å². The van der Waals surface area contributed by atoms with E-state index in [-0.39, 0.29) is 30.0 Å². The highest BCUT2D eigenvalue weighted by Gasteiger charge is 2.14. The van der Waals surface area contributed by atoms with Gasteiger partial charge in [-0.05, 0) is 30.2 Å². The Morgan fingerprint density at radius 1 is 1.04 bits per heavy atom. The van der Waals surface area contributed by atoms with Crippen LogP contribution >= 0.6 is 0 Å². The van der Waals surface area contributed by atoms with Crippen molar-refractivity contribution in [3.05, 3.63) is 69.8 Å². The zero-order chi connectivity index (χ0) is 20.5. The standard InChI is InChI=1S/C20H20N2O6/c1-2-14-5-3-4-6-17(14)21-19(24)11-12-20(25)28-13-18(23)15-7-9-16(10-8-15)22(26)27/h3-10H,2,11-13H2,1H3,(H,21,24). The van der Waals surface area contributed by atoms with Crippen LogP contribution in [0.25, 0.3) is 0 Å². The summed E-state index contributed by atoms with van der Waals surface area (Å²) in [6.45, 7) is 1.49. The number of anilines is 1. The van der Waals surface area contributed by atoms with E-state index in [4.69, 9.17) is 4.74 Å². The molecule has 8 heteroatoms. The number of nitro groups is 1. The molecule has 0 aliphatic rings. The van der Waals surface area contributed by atoms with E-state index in [1.54, 1.807) is 6.07 Å². The Bertz CT molecular complexity index is 877. The molecule has 0 bridgehead atoms. The zero-order valence-electron chi connectivity index (χ0n) is 15.3. The lowest BCUT2D eigenvalue weighted by Gasteiger charge is -2.09. The van der Waals surface area contributed by atoms with Crippen molar-refractivity contribution in [3.63, 3.8) is 0 Å². The van der Waals surface area contributed by atoms with Crippen molar-refractivity contribution in [2.24, 2.45) is 0 Å². The van der Waals surface area contributed by atoms with Crippen LogP contribution in [0, 0.1) is 10.1 Å². The Morgan fingerprint density at radius 2 is 1.71 bits per heavy atom. The molecule has 1 amide bonds. The van der Waals surface area contributed by atoms with Gasteiger partial charge in [-0.1, -0.05) is 25.1 Å². The van der Waals surface area contributed by atoms with Crippen molar-refractivity contribution in [3.8, 4) is 0 Å². The minimum atomic E-state index is -0.672. The van der Waals surface area contributed by atoms with E-state index in [1.165, 1.54) is 24.3 Å². The molecule has 8 nitrogen and oxygen atoms in total. The number of hydrogen-bond donors (Lipinski definition) is 1. The molecule has 1 N–H and O–H groups in total. The third-order valence-electron chi connectivity index (χ3n) is 3.99. The summed E-state index contributed by atoms with van der Waals surface area (Å²) in [6, 6.07) is 12.4. The van der Waals surface area contributed by atoms with E-state index in [9.17, 15) is 24.5 Å². The summed E-state index contributed by atoms with van der Waals surface area (Å²) < 4.78 is 4.88. The van der Waals surface area contributed by atoms with Crippen LogP contribution in [0.1, 0.15) is 35.7 Å². The molecule has 0 saturated carbocycles. The maximum Gasteiger partial charge on any atom is 0.306 e. The van der Waals surface area contributed by atoms with E-state index in [0.717, 1.165) is 12.0 Å². The number of nitro benzene ring substituents is 1. The van der Waals surface area contributed by atoms with Gasteiger partial charge in [-0.3, -0.25) is 24.5 Å². The van der Waals surface area contributed by atoms with Crippen molar-refractivity contribution in [2.45, 2.75) is 26.2 Å². The van der Waals surface area contributed by atoms with E-state index in [0.29, 0.717) is 5.69 Å². The largest absolute Gasteiger partial charge is 0.457 e. The lowest BCUT2D eigenvalue weighted by atomic mass is 10.1. The molecule has 2 aromatic rings. The number of amides is 1. The summed E-state index contributed by atoms with van der Waals surface area (Å²) in [4.78, 5) is 45.7. The predicted molar refractivity (Wildman–Crippen MR) is 102 cm³/mol. The number of benzene rings is 2. The number of nitrogens with one attached hydrogen (secondary N) is 1. The number of carbonyl (C=O) groups is 3. The number of ether oxygens (including phenoxy) is 1. The molecule has 0 spiro atoms. The highest BCUT2D eigenvalue weighted by Crippen LogP contribution is 2.16. The third kappa shape index (κ3) is 6.01. The monoisotopic (exact) mass is 384 g/mol. The molecular weight excluding hydrogens is 364 g/mol. The van der Waals surface area contributed by atoms with Crippen molar-refractivity contribution < 1.29 is 24.0 Å². The lowest BCUT2D eigenvalue weighted by molar-refractivity contribution is -0.384. The molecule has 0 aliphatic heterocycles. The first-order valence-electron chi connectivity index (χ1n) is 8.71. The minimum Gasteiger partial charge on any atom is -0.457 e. The molecular formula is C20H20N2O6. The van der Waals surface area contributed by atoms with Crippen molar-refractivity contribution >= 4 is 29.0 Å². The minimum absolute atomic E-state index is 0.0669. The van der Waals surface area contributed by atoms with Crippen LogP contribution in [0.4, 0.5) is 11.4 Å². The van der Waals surface area contributed by atoms with Crippen LogP contribution < -0.4 is 5.32 Å². The van der Waals surface area contributed by atoms with Gasteiger partial charge in [0.2, 0.25) is 5.91 Å². The lowest BCUT2D eigenvalue weighted by Crippen LogP contribution is -2.18. The Kier molecular flexibility index (Phi) is 7.38. The fourth-order valence-electron chi connectivity index (χ4n) is 2.45. The van der Waals surface area contributed by atoms with Gasteiger partial charge in [0.1, 0.15) is 0 Å². The van der Waals surface area contributed by atoms with Crippen LogP contribution in [0.3, 0.4) is 0 Å². The second kappa shape index (κ2) is 9.96. The number of rotatable bonds is 9. The van der Waals surface area contributed by atoms with Crippen molar-refractivity contribution in [2.75, 3.05) is 11.9 Å². The zero-order valence-corrected chi connectivity index (χ0v) is 15.3. The number of carbonyl (C=O) groups excluding carboxylic acids is 3. The quantitative estimate of drug-likeness (QED) is 0.307. The van der Waals surface area contributed by atoms with Crippen LogP contribution in [-0.4, -0.2) is 29.2 Å². The third-order valence-corrected chi connectivity index (χ3v) is 3.99. The van der Waals surface area contributed by atoms with E-state index >= 15 is 0 Å². The average Bonchev–Trinajstić information content (AvgIpc) is 2.70. The first-order chi connectivity index (χ1) is 13.4. The number of hydrogen-bond acceptors (Lipinski definition) is 6. The van der Waals surface area contributed by atoms with Crippen molar-refractivity contribution in [1.82, 2.24) is 0 Å². The predicted octanol–water partition coefficient (Wildman–Crippen LogP) is 3.30. The number of para-hydroxylation sites is 1. The Morgan fingerprint density at radius 3 is 2.36 bits per heavy atom. The molecule has 0 atom stereocenters. The number of Topliss-reactive ketones (excluding diaryl/α,β-unsaturated/α-hetero) is 1. The molecule has 2 rings (SSSR count). The highest BCUT2D eigenvalue weighted by molar-refractivity contribution is 5.98. The molecule has 146 valence electrons. The summed E-state index contributed by atoms with van der Waals surface area (Å²) in [5.74, 6) is -1.47. The molecule has 0 unspecified atom stereocenters. The molecule has 0 heterocycles. The van der Waals surface area contributed by atoms with Crippen LogP contribution in [-0.2, 0) is 20.7 Å². The van der Waals surface area contributed by atoms with Gasteiger partial charge in [-0.2, -0.15) is 0 Å². The van der Waals surface area contributed by atoms with Gasteiger partial charge in [0.05, 0.1) is 11.3 Å². The van der Waals surface area contributed by atoms with Gasteiger partial charge in [-0.15, -0.1) is 0 Å². The second-order valence-corrected chi connectivity index (χ2v) is 5.95. The molecule has 0 radical (unpaired) electrons. The molecule has 0 aromatic heterocycles. The molecule has 2 aromatic carbocycles. The number of non-ortho nitro benzene ring substituents is 1. The number of nitrogens with zero attached hydrogens (tertiary/aromatic N) is 1. The summed E-state index contributed by atoms with van der Waals surface area (Å²) >= 11 is 0. The van der Waals surface area contributed by atoms with Gasteiger partial charge in [0.15, 0.2) is 12.4 Å². The fraction of sp³-hybridized carbons (Fsp3) is 0.250. The molecule has 0 fully saturated rings. The molecule has 0 saturated heterocycles. The van der Waals surface area contributed by atoms with Gasteiger partial charge >= 0.3 is 5.97 Å². The Labute approximate surface area is 161 Å². The van der Waals surface area contributed by atoms with Gasteiger partial charge in [0.25, 0.3) is 5.69 Å². The molecule has 0 aliphatic carbocycles. The van der Waals surface area contributed by atoms with Crippen molar-refractivity contribution in [1.29, 1.82) is 0 Å². The van der Waals surface area contributed by atoms with Crippen LogP contribution in [0.5, 0.6) is 0 Å². The fourth-order valence-corrected chi connectivity index (χ4v) is 2.45. The first kappa shape index (κ1) is 20.8. The highest BCUT2D eigenvalue weighted by atomic mass is 16.6. The normalized spacial score (nSPS) is 10.2. The molecule has 28 heavy (non-hydrogen) atoms. The number of ketones is 1. The van der Waals surface area contributed by atoms with Gasteiger partial charge < -0.3 is 10.1 Å². The first-order valence-corrected chi connectivity index (χ1v) is 8.71. The SMILES string of the molecule is CCc1ccccc1NC(=O)CCC(=O)OCC(=O)c1ccc([N+](=O)[O-])cc1. The number of aryl methyl sites for hydroxylation is 1. The maximum absolute atomic E-state index is 12.0. The van der Waals surface area contributed by atoms with Crippen LogP contribution in [0.2, 0.25) is 0 Å². The van der Waals surface area contributed by atoms with E-state index < -0.39 is 23.3 Å².